The molecule has 0 bridgehead atoms. The first-order valence-corrected chi connectivity index (χ1v) is 6.03. The lowest BCUT2D eigenvalue weighted by Gasteiger charge is -2.11. The molecule has 1 aromatic rings. The van der Waals surface area contributed by atoms with E-state index in [0.29, 0.717) is 22.9 Å². The summed E-state index contributed by atoms with van der Waals surface area (Å²) in [5.41, 5.74) is 6.61. The smallest absolute Gasteiger partial charge is 0.227 e. The molecule has 0 aromatic heterocycles. The highest BCUT2D eigenvalue weighted by Gasteiger charge is 2.39. The van der Waals surface area contributed by atoms with E-state index in [1.54, 1.807) is 18.2 Å². The van der Waals surface area contributed by atoms with Crippen molar-refractivity contribution in [2.45, 2.75) is 13.3 Å². The molecule has 0 heterocycles. The van der Waals surface area contributed by atoms with Gasteiger partial charge in [0.25, 0.3) is 0 Å². The van der Waals surface area contributed by atoms with E-state index in [-0.39, 0.29) is 17.7 Å². The largest absolute Gasteiger partial charge is 0.495 e. The van der Waals surface area contributed by atoms with E-state index >= 15 is 0 Å². The first-order valence-electron chi connectivity index (χ1n) is 6.03. The number of nitrogens with one attached hydrogen (secondary N) is 1. The lowest BCUT2D eigenvalue weighted by Crippen LogP contribution is -2.16. The molecule has 1 fully saturated rings. The molecule has 6 heteroatoms. The number of amidine groups is 1. The zero-order valence-electron chi connectivity index (χ0n) is 10.9. The maximum atomic E-state index is 11.9. The van der Waals surface area contributed by atoms with Gasteiger partial charge in [0.05, 0.1) is 12.8 Å². The summed E-state index contributed by atoms with van der Waals surface area (Å²) in [6, 6.07) is 4.95. The Morgan fingerprint density at radius 3 is 2.79 bits per heavy atom. The van der Waals surface area contributed by atoms with Crippen molar-refractivity contribution in [3.05, 3.63) is 23.8 Å². The SMILES string of the molecule is COc1cc(/C(N)=N/O)ccc1NC(=O)C1CC1C. The zero-order chi connectivity index (χ0) is 14.0. The van der Waals surface area contributed by atoms with Crippen molar-refractivity contribution in [3.63, 3.8) is 0 Å². The third kappa shape index (κ3) is 2.78. The molecule has 6 nitrogen and oxygen atoms in total. The van der Waals surface area contributed by atoms with Gasteiger partial charge in [0.1, 0.15) is 5.75 Å². The van der Waals surface area contributed by atoms with Crippen LogP contribution in [0, 0.1) is 11.8 Å². The standard InChI is InChI=1S/C13H17N3O3/c1-7-5-9(7)13(17)15-10-4-3-8(12(14)16-18)6-11(10)19-2/h3-4,6-7,9,18H,5H2,1-2H3,(H2,14,16)(H,15,17). The number of oxime groups is 1. The second kappa shape index (κ2) is 5.17. The molecule has 1 aromatic carbocycles. The molecule has 4 N–H and O–H groups in total. The molecular weight excluding hydrogens is 246 g/mol. The molecule has 1 saturated carbocycles. The molecule has 1 aliphatic carbocycles. The molecule has 1 amide bonds. The Kier molecular flexibility index (Phi) is 3.59. The van der Waals surface area contributed by atoms with Crippen molar-refractivity contribution in [1.29, 1.82) is 0 Å². The predicted octanol–water partition coefficient (Wildman–Crippen LogP) is 1.38. The van der Waals surface area contributed by atoms with Gasteiger partial charge in [-0.15, -0.1) is 0 Å². The summed E-state index contributed by atoms with van der Waals surface area (Å²) in [7, 11) is 1.50. The van der Waals surface area contributed by atoms with Crippen LogP contribution >= 0.6 is 0 Å². The minimum Gasteiger partial charge on any atom is -0.495 e. The number of nitrogens with zero attached hydrogens (tertiary/aromatic N) is 1. The summed E-state index contributed by atoms with van der Waals surface area (Å²) in [6.45, 7) is 2.04. The molecule has 0 aliphatic heterocycles. The van der Waals surface area contributed by atoms with Gasteiger partial charge in [-0.05, 0) is 30.5 Å². The predicted molar refractivity (Wildman–Crippen MR) is 71.4 cm³/mol. The molecule has 1 aliphatic rings. The lowest BCUT2D eigenvalue weighted by atomic mass is 10.1. The van der Waals surface area contributed by atoms with Gasteiger partial charge >= 0.3 is 0 Å². The molecule has 0 spiro atoms. The number of hydrogen-bond acceptors (Lipinski definition) is 4. The van der Waals surface area contributed by atoms with Crippen LogP contribution in [-0.2, 0) is 4.79 Å². The Morgan fingerprint density at radius 1 is 1.58 bits per heavy atom. The van der Waals surface area contributed by atoms with Crippen molar-refractivity contribution < 1.29 is 14.7 Å². The lowest BCUT2D eigenvalue weighted by molar-refractivity contribution is -0.117. The third-order valence-corrected chi connectivity index (χ3v) is 3.31. The average Bonchev–Trinajstić information content (AvgIpc) is 3.15. The van der Waals surface area contributed by atoms with Gasteiger partial charge in [0.2, 0.25) is 5.91 Å². The summed E-state index contributed by atoms with van der Waals surface area (Å²) in [4.78, 5) is 11.9. The number of methoxy groups -OCH3 is 1. The summed E-state index contributed by atoms with van der Waals surface area (Å²) in [5.74, 6) is 1.01. The first-order chi connectivity index (χ1) is 9.06. The van der Waals surface area contributed by atoms with Crippen molar-refractivity contribution in [1.82, 2.24) is 0 Å². The minimum absolute atomic E-state index is 0.00217. The number of hydrogen-bond donors (Lipinski definition) is 3. The quantitative estimate of drug-likeness (QED) is 0.331. The van der Waals surface area contributed by atoms with E-state index in [1.165, 1.54) is 7.11 Å². The fourth-order valence-electron chi connectivity index (χ4n) is 1.92. The molecule has 0 radical (unpaired) electrons. The number of ether oxygens (including phenoxy) is 1. The van der Waals surface area contributed by atoms with E-state index < -0.39 is 0 Å². The topological polar surface area (TPSA) is 96.9 Å². The number of amides is 1. The highest BCUT2D eigenvalue weighted by Crippen LogP contribution is 2.39. The van der Waals surface area contributed by atoms with Crippen LogP contribution in [0.1, 0.15) is 18.9 Å². The van der Waals surface area contributed by atoms with Gasteiger partial charge < -0.3 is 21.0 Å². The van der Waals surface area contributed by atoms with Gasteiger partial charge in [0, 0.05) is 11.5 Å². The van der Waals surface area contributed by atoms with Crippen LogP contribution in [0.2, 0.25) is 0 Å². The van der Waals surface area contributed by atoms with Crippen LogP contribution in [0.15, 0.2) is 23.4 Å². The molecule has 2 atom stereocenters. The molecular formula is C13H17N3O3. The number of carbonyl (C=O) groups is 1. The van der Waals surface area contributed by atoms with Crippen LogP contribution in [-0.4, -0.2) is 24.1 Å². The number of anilines is 1. The van der Waals surface area contributed by atoms with Gasteiger partial charge in [-0.1, -0.05) is 12.1 Å². The molecule has 2 unspecified atom stereocenters. The number of carbonyl (C=O) groups excluding carboxylic acids is 1. The second-order valence-corrected chi connectivity index (χ2v) is 4.71. The molecule has 19 heavy (non-hydrogen) atoms. The average molecular weight is 263 g/mol. The number of nitrogens with two attached hydrogens (primary N) is 1. The number of benzene rings is 1. The van der Waals surface area contributed by atoms with Gasteiger partial charge in [-0.3, -0.25) is 4.79 Å². The van der Waals surface area contributed by atoms with Gasteiger partial charge in [-0.2, -0.15) is 0 Å². The van der Waals surface area contributed by atoms with E-state index in [0.717, 1.165) is 6.42 Å². The Labute approximate surface area is 111 Å². The zero-order valence-corrected chi connectivity index (χ0v) is 10.9. The maximum Gasteiger partial charge on any atom is 0.227 e. The Bertz CT molecular complexity index is 528. The third-order valence-electron chi connectivity index (χ3n) is 3.31. The van der Waals surface area contributed by atoms with E-state index in [9.17, 15) is 4.79 Å². The van der Waals surface area contributed by atoms with Crippen molar-refractivity contribution in [3.8, 4) is 5.75 Å². The van der Waals surface area contributed by atoms with E-state index in [1.807, 2.05) is 6.92 Å². The summed E-state index contributed by atoms with van der Waals surface area (Å²) >= 11 is 0. The van der Waals surface area contributed by atoms with E-state index in [2.05, 4.69) is 10.5 Å². The fourth-order valence-corrected chi connectivity index (χ4v) is 1.92. The van der Waals surface area contributed by atoms with Crippen LogP contribution < -0.4 is 15.8 Å². The van der Waals surface area contributed by atoms with Crippen molar-refractivity contribution in [2.24, 2.45) is 22.7 Å². The van der Waals surface area contributed by atoms with Gasteiger partial charge in [-0.25, -0.2) is 0 Å². The van der Waals surface area contributed by atoms with Crippen LogP contribution in [0.4, 0.5) is 5.69 Å². The van der Waals surface area contributed by atoms with E-state index in [4.69, 9.17) is 15.7 Å². The van der Waals surface area contributed by atoms with Crippen molar-refractivity contribution >= 4 is 17.4 Å². The second-order valence-electron chi connectivity index (χ2n) is 4.71. The maximum absolute atomic E-state index is 11.9. The monoisotopic (exact) mass is 263 g/mol. The van der Waals surface area contributed by atoms with Gasteiger partial charge in [0.15, 0.2) is 5.84 Å². The summed E-state index contributed by atoms with van der Waals surface area (Å²) in [6.07, 6.45) is 0.927. The normalized spacial score (nSPS) is 21.9. The highest BCUT2D eigenvalue weighted by atomic mass is 16.5. The minimum atomic E-state index is -0.00742. The molecule has 0 saturated heterocycles. The summed E-state index contributed by atoms with van der Waals surface area (Å²) < 4.78 is 5.20. The molecule has 2 rings (SSSR count). The number of rotatable bonds is 4. The summed E-state index contributed by atoms with van der Waals surface area (Å²) in [5, 5.41) is 14.4. The Hall–Kier alpha value is -2.24. The van der Waals surface area contributed by atoms with Crippen molar-refractivity contribution in [2.75, 3.05) is 12.4 Å². The van der Waals surface area contributed by atoms with Crippen LogP contribution in [0.5, 0.6) is 5.75 Å². The highest BCUT2D eigenvalue weighted by molar-refractivity contribution is 6.00. The fraction of sp³-hybridized carbons (Fsp3) is 0.385. The first kappa shape index (κ1) is 13.2. The Morgan fingerprint density at radius 2 is 2.26 bits per heavy atom. The van der Waals surface area contributed by atoms with Crippen LogP contribution in [0.3, 0.4) is 0 Å². The van der Waals surface area contributed by atoms with Crippen LogP contribution in [0.25, 0.3) is 0 Å². The molecule has 102 valence electrons. The Balaban J connectivity index is 2.19.